The van der Waals surface area contributed by atoms with Gasteiger partial charge in [-0.3, -0.25) is 4.79 Å². The van der Waals surface area contributed by atoms with Crippen molar-refractivity contribution in [3.8, 4) is 0 Å². The van der Waals surface area contributed by atoms with Crippen LogP contribution in [0.1, 0.15) is 25.3 Å². The normalized spacial score (nSPS) is 12.2. The summed E-state index contributed by atoms with van der Waals surface area (Å²) >= 11 is 5.89. The number of hydrogen-bond donors (Lipinski definition) is 1. The molecule has 1 aromatic heterocycles. The summed E-state index contributed by atoms with van der Waals surface area (Å²) in [5.41, 5.74) is 0.956. The summed E-state index contributed by atoms with van der Waals surface area (Å²) in [6.45, 7) is 4.05. The minimum atomic E-state index is -0.228. The predicted molar refractivity (Wildman–Crippen MR) is 81.9 cm³/mol. The summed E-state index contributed by atoms with van der Waals surface area (Å²) in [6.07, 6.45) is 1.66. The van der Waals surface area contributed by atoms with Gasteiger partial charge in [-0.1, -0.05) is 43.6 Å². The standard InChI is InChI=1S/C16H17ClN2O/c1-11(2)15(12-6-8-13(17)9-7-12)16(20)19-14-5-3-4-10-18-14/h3-11,15H,1-2H3,(H,18,19,20)/t15-/m0/s1. The van der Waals surface area contributed by atoms with Gasteiger partial charge in [-0.15, -0.1) is 0 Å². The molecule has 2 rings (SSSR count). The summed E-state index contributed by atoms with van der Waals surface area (Å²) in [5.74, 6) is 0.465. The fraction of sp³-hybridized carbons (Fsp3) is 0.250. The second-order valence-electron chi connectivity index (χ2n) is 4.98. The smallest absolute Gasteiger partial charge is 0.233 e. The van der Waals surface area contributed by atoms with E-state index in [9.17, 15) is 4.79 Å². The Morgan fingerprint density at radius 3 is 2.40 bits per heavy atom. The van der Waals surface area contributed by atoms with Crippen molar-refractivity contribution >= 4 is 23.3 Å². The Morgan fingerprint density at radius 2 is 1.85 bits per heavy atom. The number of nitrogens with one attached hydrogen (secondary N) is 1. The summed E-state index contributed by atoms with van der Waals surface area (Å²) in [7, 11) is 0. The van der Waals surface area contributed by atoms with Crippen LogP contribution in [0.25, 0.3) is 0 Å². The number of carbonyl (C=O) groups excluding carboxylic acids is 1. The van der Waals surface area contributed by atoms with Gasteiger partial charge in [0.25, 0.3) is 0 Å². The average molecular weight is 289 g/mol. The van der Waals surface area contributed by atoms with E-state index in [2.05, 4.69) is 10.3 Å². The number of anilines is 1. The fourth-order valence-electron chi connectivity index (χ4n) is 2.15. The van der Waals surface area contributed by atoms with Crippen molar-refractivity contribution in [3.63, 3.8) is 0 Å². The Hall–Kier alpha value is -1.87. The number of aromatic nitrogens is 1. The molecule has 0 aliphatic carbocycles. The molecule has 0 spiro atoms. The SMILES string of the molecule is CC(C)[C@H](C(=O)Nc1ccccn1)c1ccc(Cl)cc1. The number of halogens is 1. The second-order valence-corrected chi connectivity index (χ2v) is 5.41. The van der Waals surface area contributed by atoms with Crippen LogP contribution in [0.2, 0.25) is 5.02 Å². The first-order valence-corrected chi connectivity index (χ1v) is 6.93. The molecular formula is C16H17ClN2O. The maximum Gasteiger partial charge on any atom is 0.233 e. The number of carbonyl (C=O) groups is 1. The highest BCUT2D eigenvalue weighted by Crippen LogP contribution is 2.27. The molecule has 1 amide bonds. The van der Waals surface area contributed by atoms with Crippen molar-refractivity contribution in [3.05, 3.63) is 59.2 Å². The van der Waals surface area contributed by atoms with Crippen molar-refractivity contribution in [2.45, 2.75) is 19.8 Å². The van der Waals surface area contributed by atoms with Crippen LogP contribution in [0, 0.1) is 5.92 Å². The van der Waals surface area contributed by atoms with E-state index in [1.54, 1.807) is 24.4 Å². The molecule has 0 unspecified atom stereocenters. The molecule has 0 aliphatic heterocycles. The first-order chi connectivity index (χ1) is 9.58. The molecule has 20 heavy (non-hydrogen) atoms. The molecule has 0 saturated carbocycles. The predicted octanol–water partition coefficient (Wildman–Crippen LogP) is 4.11. The minimum absolute atomic E-state index is 0.0546. The van der Waals surface area contributed by atoms with Crippen LogP contribution in [0.4, 0.5) is 5.82 Å². The first kappa shape index (κ1) is 14.5. The maximum atomic E-state index is 12.5. The van der Waals surface area contributed by atoms with Crippen molar-refractivity contribution in [2.24, 2.45) is 5.92 Å². The Kier molecular flexibility index (Phi) is 4.74. The molecule has 0 bridgehead atoms. The highest BCUT2D eigenvalue weighted by Gasteiger charge is 2.24. The van der Waals surface area contributed by atoms with Crippen LogP contribution in [0.3, 0.4) is 0 Å². The lowest BCUT2D eigenvalue weighted by Crippen LogP contribution is -2.25. The van der Waals surface area contributed by atoms with Crippen LogP contribution >= 0.6 is 11.6 Å². The molecule has 1 atom stereocenters. The summed E-state index contributed by atoms with van der Waals surface area (Å²) in [4.78, 5) is 16.6. The molecule has 0 radical (unpaired) electrons. The molecule has 3 nitrogen and oxygen atoms in total. The van der Waals surface area contributed by atoms with Gasteiger partial charge < -0.3 is 5.32 Å². The van der Waals surface area contributed by atoms with Gasteiger partial charge in [0.15, 0.2) is 0 Å². The van der Waals surface area contributed by atoms with Crippen LogP contribution < -0.4 is 5.32 Å². The Bertz CT molecular complexity index is 567. The monoisotopic (exact) mass is 288 g/mol. The van der Waals surface area contributed by atoms with E-state index in [-0.39, 0.29) is 17.7 Å². The third-order valence-electron chi connectivity index (χ3n) is 3.09. The van der Waals surface area contributed by atoms with E-state index in [0.717, 1.165) is 5.56 Å². The molecule has 4 heteroatoms. The highest BCUT2D eigenvalue weighted by molar-refractivity contribution is 6.30. The molecular weight excluding hydrogens is 272 g/mol. The van der Waals surface area contributed by atoms with E-state index in [4.69, 9.17) is 11.6 Å². The van der Waals surface area contributed by atoms with Crippen molar-refractivity contribution in [1.82, 2.24) is 4.98 Å². The largest absolute Gasteiger partial charge is 0.310 e. The van der Waals surface area contributed by atoms with E-state index < -0.39 is 0 Å². The summed E-state index contributed by atoms with van der Waals surface area (Å²) in [5, 5.41) is 3.52. The Morgan fingerprint density at radius 1 is 1.15 bits per heavy atom. The fourth-order valence-corrected chi connectivity index (χ4v) is 2.28. The van der Waals surface area contributed by atoms with Gasteiger partial charge in [0.05, 0.1) is 5.92 Å². The number of pyridine rings is 1. The third-order valence-corrected chi connectivity index (χ3v) is 3.35. The van der Waals surface area contributed by atoms with Crippen molar-refractivity contribution in [2.75, 3.05) is 5.32 Å². The summed E-state index contributed by atoms with van der Waals surface area (Å²) < 4.78 is 0. The van der Waals surface area contributed by atoms with Crippen LogP contribution in [-0.4, -0.2) is 10.9 Å². The summed E-state index contributed by atoms with van der Waals surface area (Å²) in [6, 6.07) is 12.8. The van der Waals surface area contributed by atoms with Gasteiger partial charge in [-0.25, -0.2) is 4.98 Å². The third kappa shape index (κ3) is 3.58. The zero-order chi connectivity index (χ0) is 14.5. The van der Waals surface area contributed by atoms with E-state index in [0.29, 0.717) is 10.8 Å². The van der Waals surface area contributed by atoms with E-state index in [1.807, 2.05) is 38.1 Å². The first-order valence-electron chi connectivity index (χ1n) is 6.55. The van der Waals surface area contributed by atoms with Gasteiger partial charge in [-0.05, 0) is 35.7 Å². The number of hydrogen-bond acceptors (Lipinski definition) is 2. The van der Waals surface area contributed by atoms with Gasteiger partial charge in [0.1, 0.15) is 5.82 Å². The van der Waals surface area contributed by atoms with E-state index >= 15 is 0 Å². The van der Waals surface area contributed by atoms with Crippen LogP contribution in [0.15, 0.2) is 48.7 Å². The maximum absolute atomic E-state index is 12.5. The number of benzene rings is 1. The highest BCUT2D eigenvalue weighted by atomic mass is 35.5. The number of rotatable bonds is 4. The number of nitrogens with zero attached hydrogens (tertiary/aromatic N) is 1. The lowest BCUT2D eigenvalue weighted by atomic mass is 9.87. The zero-order valence-corrected chi connectivity index (χ0v) is 12.3. The minimum Gasteiger partial charge on any atom is -0.310 e. The van der Waals surface area contributed by atoms with Gasteiger partial charge in [0, 0.05) is 11.2 Å². The van der Waals surface area contributed by atoms with E-state index in [1.165, 1.54) is 0 Å². The Labute approximate surface area is 124 Å². The van der Waals surface area contributed by atoms with Crippen molar-refractivity contribution in [1.29, 1.82) is 0 Å². The Balaban J connectivity index is 2.20. The van der Waals surface area contributed by atoms with Crippen molar-refractivity contribution < 1.29 is 4.79 Å². The van der Waals surface area contributed by atoms with Gasteiger partial charge in [-0.2, -0.15) is 0 Å². The zero-order valence-electron chi connectivity index (χ0n) is 11.5. The molecule has 0 saturated heterocycles. The lowest BCUT2D eigenvalue weighted by Gasteiger charge is -2.20. The lowest BCUT2D eigenvalue weighted by molar-refractivity contribution is -0.118. The molecule has 2 aromatic rings. The molecule has 104 valence electrons. The second kappa shape index (κ2) is 6.53. The quantitative estimate of drug-likeness (QED) is 0.920. The molecule has 0 fully saturated rings. The molecule has 1 N–H and O–H groups in total. The molecule has 1 aromatic carbocycles. The van der Waals surface area contributed by atoms with Gasteiger partial charge >= 0.3 is 0 Å². The molecule has 1 heterocycles. The number of amides is 1. The van der Waals surface area contributed by atoms with Crippen LogP contribution in [0.5, 0.6) is 0 Å². The van der Waals surface area contributed by atoms with Crippen LogP contribution in [-0.2, 0) is 4.79 Å². The average Bonchev–Trinajstić information content (AvgIpc) is 2.42. The topological polar surface area (TPSA) is 42.0 Å². The van der Waals surface area contributed by atoms with Gasteiger partial charge in [0.2, 0.25) is 5.91 Å². The molecule has 0 aliphatic rings.